The highest BCUT2D eigenvalue weighted by atomic mass is 16.5. The van der Waals surface area contributed by atoms with Gasteiger partial charge in [0.2, 0.25) is 0 Å². The summed E-state index contributed by atoms with van der Waals surface area (Å²) in [7, 11) is 0. The fraction of sp³-hybridized carbons (Fsp3) is 0.522. The lowest BCUT2D eigenvalue weighted by Gasteiger charge is -2.26. The smallest absolute Gasteiger partial charge is 0.251 e. The SMILES string of the molecule is CCCc1c(-c2ccccc2C)c(C(N)=O)c(C)n1CCCN1CCOCC1. The maximum atomic E-state index is 12.4. The monoisotopic (exact) mass is 383 g/mol. The number of primary amides is 1. The molecule has 5 nitrogen and oxygen atoms in total. The number of aromatic nitrogens is 1. The molecule has 2 N–H and O–H groups in total. The lowest BCUT2D eigenvalue weighted by molar-refractivity contribution is 0.0369. The lowest BCUT2D eigenvalue weighted by Crippen LogP contribution is -2.37. The number of carbonyl (C=O) groups excluding carboxylic acids is 1. The van der Waals surface area contributed by atoms with Crippen molar-refractivity contribution in [3.8, 4) is 11.1 Å². The van der Waals surface area contributed by atoms with Crippen molar-refractivity contribution in [1.29, 1.82) is 0 Å². The summed E-state index contributed by atoms with van der Waals surface area (Å²) in [5, 5.41) is 0. The molecule has 1 aromatic carbocycles. The standard InChI is InChI=1S/C23H33N3O2/c1-4-8-20-22(19-10-6-5-9-17(19)2)21(23(24)27)18(3)26(20)12-7-11-25-13-15-28-16-14-25/h5-6,9-10H,4,7-8,11-16H2,1-3H3,(H2,24,27). The molecule has 2 heterocycles. The van der Waals surface area contributed by atoms with Gasteiger partial charge in [0.05, 0.1) is 18.8 Å². The molecule has 0 aliphatic carbocycles. The number of ether oxygens (including phenoxy) is 1. The Morgan fingerprint density at radius 2 is 1.86 bits per heavy atom. The third kappa shape index (κ3) is 4.31. The molecule has 0 atom stereocenters. The van der Waals surface area contributed by atoms with Gasteiger partial charge < -0.3 is 15.0 Å². The van der Waals surface area contributed by atoms with Crippen molar-refractivity contribution >= 4 is 5.91 Å². The summed E-state index contributed by atoms with van der Waals surface area (Å²) in [4.78, 5) is 14.9. The van der Waals surface area contributed by atoms with Gasteiger partial charge in [-0.25, -0.2) is 0 Å². The van der Waals surface area contributed by atoms with Gasteiger partial charge in [-0.05, 0) is 37.8 Å². The number of benzene rings is 1. The zero-order valence-electron chi connectivity index (χ0n) is 17.5. The van der Waals surface area contributed by atoms with Crippen molar-refractivity contribution in [2.24, 2.45) is 5.73 Å². The minimum atomic E-state index is -0.333. The second-order valence-electron chi connectivity index (χ2n) is 7.67. The third-order valence-corrected chi connectivity index (χ3v) is 5.74. The van der Waals surface area contributed by atoms with Crippen molar-refractivity contribution in [2.75, 3.05) is 32.8 Å². The molecule has 1 aliphatic rings. The molecular formula is C23H33N3O2. The first-order valence-corrected chi connectivity index (χ1v) is 10.4. The Bertz CT molecular complexity index is 819. The maximum absolute atomic E-state index is 12.4. The third-order valence-electron chi connectivity index (χ3n) is 5.74. The normalized spacial score (nSPS) is 15.1. The van der Waals surface area contributed by atoms with Gasteiger partial charge in [0.15, 0.2) is 0 Å². The number of amides is 1. The van der Waals surface area contributed by atoms with E-state index in [0.29, 0.717) is 5.56 Å². The van der Waals surface area contributed by atoms with Crippen molar-refractivity contribution in [1.82, 2.24) is 9.47 Å². The molecule has 0 unspecified atom stereocenters. The summed E-state index contributed by atoms with van der Waals surface area (Å²) in [6.07, 6.45) is 3.02. The zero-order valence-corrected chi connectivity index (χ0v) is 17.5. The number of hydrogen-bond donors (Lipinski definition) is 1. The summed E-state index contributed by atoms with van der Waals surface area (Å²) in [5.74, 6) is -0.333. The first-order chi connectivity index (χ1) is 13.5. The number of carbonyl (C=O) groups is 1. The molecule has 152 valence electrons. The van der Waals surface area contributed by atoms with Crippen molar-refractivity contribution in [2.45, 2.75) is 46.6 Å². The summed E-state index contributed by atoms with van der Waals surface area (Å²) in [5.41, 5.74) is 12.1. The zero-order chi connectivity index (χ0) is 20.1. The van der Waals surface area contributed by atoms with Gasteiger partial charge in [-0.1, -0.05) is 37.6 Å². The molecule has 1 fully saturated rings. The second-order valence-corrected chi connectivity index (χ2v) is 7.67. The van der Waals surface area contributed by atoms with Crippen molar-refractivity contribution < 1.29 is 9.53 Å². The predicted octanol–water partition coefficient (Wildman–Crippen LogP) is 3.55. The van der Waals surface area contributed by atoms with Gasteiger partial charge >= 0.3 is 0 Å². The van der Waals surface area contributed by atoms with Crippen LogP contribution < -0.4 is 5.73 Å². The van der Waals surface area contributed by atoms with Crippen LogP contribution in [0.15, 0.2) is 24.3 Å². The number of nitrogens with zero attached hydrogens (tertiary/aromatic N) is 2. The molecule has 3 rings (SSSR count). The molecular weight excluding hydrogens is 350 g/mol. The molecule has 0 bridgehead atoms. The van der Waals surface area contributed by atoms with Gasteiger partial charge in [-0.3, -0.25) is 9.69 Å². The van der Waals surface area contributed by atoms with E-state index >= 15 is 0 Å². The average Bonchev–Trinajstić information content (AvgIpc) is 2.95. The van der Waals surface area contributed by atoms with E-state index in [1.54, 1.807) is 0 Å². The maximum Gasteiger partial charge on any atom is 0.251 e. The predicted molar refractivity (Wildman–Crippen MR) is 114 cm³/mol. The van der Waals surface area contributed by atoms with E-state index < -0.39 is 0 Å². The number of nitrogens with two attached hydrogens (primary N) is 1. The Balaban J connectivity index is 1.96. The van der Waals surface area contributed by atoms with Gasteiger partial charge in [0.1, 0.15) is 0 Å². The van der Waals surface area contributed by atoms with Crippen molar-refractivity contribution in [3.63, 3.8) is 0 Å². The molecule has 1 saturated heterocycles. The highest BCUT2D eigenvalue weighted by Gasteiger charge is 2.25. The number of rotatable bonds is 8. The van der Waals surface area contributed by atoms with E-state index in [1.807, 2.05) is 19.1 Å². The molecule has 0 spiro atoms. The number of morpholine rings is 1. The second kappa shape index (κ2) is 9.39. The molecule has 1 aliphatic heterocycles. The Labute approximate surface area is 168 Å². The summed E-state index contributed by atoms with van der Waals surface area (Å²) in [6, 6.07) is 8.27. The molecule has 0 radical (unpaired) electrons. The highest BCUT2D eigenvalue weighted by molar-refractivity contribution is 6.02. The minimum Gasteiger partial charge on any atom is -0.379 e. The van der Waals surface area contributed by atoms with E-state index in [0.717, 1.165) is 75.5 Å². The first-order valence-electron chi connectivity index (χ1n) is 10.4. The van der Waals surface area contributed by atoms with Crippen LogP contribution in [0.25, 0.3) is 11.1 Å². The van der Waals surface area contributed by atoms with E-state index in [-0.39, 0.29) is 5.91 Å². The first kappa shape index (κ1) is 20.6. The van der Waals surface area contributed by atoms with Crippen LogP contribution in [0.4, 0.5) is 0 Å². The van der Waals surface area contributed by atoms with E-state index in [2.05, 4.69) is 35.4 Å². The number of hydrogen-bond acceptors (Lipinski definition) is 3. The fourth-order valence-electron chi connectivity index (χ4n) is 4.32. The van der Waals surface area contributed by atoms with Crippen LogP contribution in [0, 0.1) is 13.8 Å². The van der Waals surface area contributed by atoms with Crippen LogP contribution in [0.2, 0.25) is 0 Å². The molecule has 1 amide bonds. The quantitative estimate of drug-likeness (QED) is 0.758. The van der Waals surface area contributed by atoms with E-state index in [9.17, 15) is 4.79 Å². The van der Waals surface area contributed by atoms with Crippen LogP contribution in [0.5, 0.6) is 0 Å². The van der Waals surface area contributed by atoms with Crippen LogP contribution in [0.3, 0.4) is 0 Å². The van der Waals surface area contributed by atoms with Crippen molar-refractivity contribution in [3.05, 3.63) is 46.8 Å². The van der Waals surface area contributed by atoms with Gasteiger partial charge in [0, 0.05) is 43.1 Å². The van der Waals surface area contributed by atoms with Gasteiger partial charge in [-0.2, -0.15) is 0 Å². The topological polar surface area (TPSA) is 60.5 Å². The minimum absolute atomic E-state index is 0.333. The molecule has 0 saturated carbocycles. The summed E-state index contributed by atoms with van der Waals surface area (Å²) < 4.78 is 7.78. The Morgan fingerprint density at radius 1 is 1.14 bits per heavy atom. The van der Waals surface area contributed by atoms with Gasteiger partial charge in [0.25, 0.3) is 5.91 Å². The Morgan fingerprint density at radius 3 is 2.50 bits per heavy atom. The Kier molecular flexibility index (Phi) is 6.92. The summed E-state index contributed by atoms with van der Waals surface area (Å²) >= 11 is 0. The van der Waals surface area contributed by atoms with E-state index in [4.69, 9.17) is 10.5 Å². The molecule has 2 aromatic rings. The van der Waals surface area contributed by atoms with Crippen LogP contribution >= 0.6 is 0 Å². The van der Waals surface area contributed by atoms with Gasteiger partial charge in [-0.15, -0.1) is 0 Å². The molecule has 28 heavy (non-hydrogen) atoms. The number of aryl methyl sites for hydroxylation is 1. The van der Waals surface area contributed by atoms with Crippen LogP contribution in [0.1, 0.15) is 47.1 Å². The van der Waals surface area contributed by atoms with Crippen LogP contribution in [-0.2, 0) is 17.7 Å². The lowest BCUT2D eigenvalue weighted by atomic mass is 9.94. The Hall–Kier alpha value is -2.11. The molecule has 5 heteroatoms. The van der Waals surface area contributed by atoms with Crippen LogP contribution in [-0.4, -0.2) is 48.2 Å². The van der Waals surface area contributed by atoms with E-state index in [1.165, 1.54) is 11.3 Å². The summed E-state index contributed by atoms with van der Waals surface area (Å²) in [6.45, 7) is 12.0. The average molecular weight is 384 g/mol. The highest BCUT2D eigenvalue weighted by Crippen LogP contribution is 2.35. The fourth-order valence-corrected chi connectivity index (χ4v) is 4.32. The largest absolute Gasteiger partial charge is 0.379 e. The molecule has 1 aromatic heterocycles.